The molecule has 0 spiro atoms. The van der Waals surface area contributed by atoms with Crippen molar-refractivity contribution in [2.75, 3.05) is 13.1 Å². The van der Waals surface area contributed by atoms with E-state index in [1.807, 2.05) is 0 Å². The summed E-state index contributed by atoms with van der Waals surface area (Å²) < 4.78 is 0. The zero-order valence-electron chi connectivity index (χ0n) is 13.8. The lowest BCUT2D eigenvalue weighted by Crippen LogP contribution is -2.72. The highest BCUT2D eigenvalue weighted by Gasteiger charge is 2.52. The summed E-state index contributed by atoms with van der Waals surface area (Å²) in [4.78, 5) is 40.3. The second-order valence-electron chi connectivity index (χ2n) is 5.89. The van der Waals surface area contributed by atoms with Gasteiger partial charge in [0.2, 0.25) is 5.91 Å². The zero-order chi connectivity index (χ0) is 18.3. The summed E-state index contributed by atoms with van der Waals surface area (Å²) in [6, 6.07) is 3.52. The molecule has 0 radical (unpaired) electrons. The van der Waals surface area contributed by atoms with Crippen LogP contribution in [-0.2, 0) is 4.79 Å². The fourth-order valence-electron chi connectivity index (χ4n) is 3.40. The molecule has 2 aliphatic heterocycles. The molecule has 1 aromatic rings. The number of carbonyl (C=O) groups excluding carboxylic acids is 3. The van der Waals surface area contributed by atoms with Crippen molar-refractivity contribution in [1.29, 1.82) is 0 Å². The molecule has 3 rings (SSSR count). The Morgan fingerprint density at radius 2 is 1.76 bits per heavy atom. The van der Waals surface area contributed by atoms with Crippen LogP contribution in [0.5, 0.6) is 0 Å². The van der Waals surface area contributed by atoms with E-state index in [0.717, 1.165) is 0 Å². The maximum Gasteiger partial charge on any atom is 0.328 e. The molecule has 0 saturated carbocycles. The second kappa shape index (κ2) is 6.72. The lowest BCUT2D eigenvalue weighted by molar-refractivity contribution is -0.141. The van der Waals surface area contributed by atoms with E-state index >= 15 is 0 Å². The molecule has 0 aromatic heterocycles. The average Bonchev–Trinajstić information content (AvgIpc) is 2.57. The standard InChI is InChI=1S/C16H18Cl2N4O3/c1-3-21-13-11(14(23)22(4-2)16(21)25)12(19-15(24)20-13)8-5-6-9(17)10(18)7-8/h5-7,11-13H,3-4H2,1-2H3,(H2,19,20,24). The van der Waals surface area contributed by atoms with Crippen molar-refractivity contribution in [2.24, 2.45) is 5.92 Å². The summed E-state index contributed by atoms with van der Waals surface area (Å²) in [5, 5.41) is 6.20. The molecule has 2 N–H and O–H groups in total. The Hall–Kier alpha value is -1.99. The van der Waals surface area contributed by atoms with Crippen LogP contribution in [0.3, 0.4) is 0 Å². The number of halogens is 2. The Kier molecular flexibility index (Phi) is 4.79. The number of hydrogen-bond acceptors (Lipinski definition) is 3. The van der Waals surface area contributed by atoms with Crippen LogP contribution >= 0.6 is 23.2 Å². The summed E-state index contributed by atoms with van der Waals surface area (Å²) in [7, 11) is 0. The van der Waals surface area contributed by atoms with E-state index in [0.29, 0.717) is 22.2 Å². The first kappa shape index (κ1) is 17.8. The third kappa shape index (κ3) is 2.91. The van der Waals surface area contributed by atoms with Crippen molar-refractivity contribution in [1.82, 2.24) is 20.4 Å². The first-order valence-electron chi connectivity index (χ1n) is 8.03. The number of carbonyl (C=O) groups is 3. The van der Waals surface area contributed by atoms with E-state index in [4.69, 9.17) is 23.2 Å². The molecule has 134 valence electrons. The van der Waals surface area contributed by atoms with E-state index in [2.05, 4.69) is 10.6 Å². The third-order valence-corrected chi connectivity index (χ3v) is 5.33. The minimum atomic E-state index is -0.707. The van der Waals surface area contributed by atoms with E-state index in [1.165, 1.54) is 9.80 Å². The van der Waals surface area contributed by atoms with Gasteiger partial charge in [-0.25, -0.2) is 9.59 Å². The zero-order valence-corrected chi connectivity index (χ0v) is 15.3. The normalized spacial score (nSPS) is 26.2. The molecule has 1 aromatic carbocycles. The molecule has 0 aliphatic carbocycles. The van der Waals surface area contributed by atoms with E-state index in [-0.39, 0.29) is 12.5 Å². The van der Waals surface area contributed by atoms with Crippen LogP contribution in [0, 0.1) is 5.92 Å². The van der Waals surface area contributed by atoms with Crippen LogP contribution in [0.1, 0.15) is 25.5 Å². The van der Waals surface area contributed by atoms with Gasteiger partial charge in [-0.1, -0.05) is 29.3 Å². The number of imide groups is 1. The van der Waals surface area contributed by atoms with Crippen molar-refractivity contribution in [3.05, 3.63) is 33.8 Å². The van der Waals surface area contributed by atoms with Crippen molar-refractivity contribution >= 4 is 41.2 Å². The predicted octanol–water partition coefficient (Wildman–Crippen LogP) is 2.59. The Morgan fingerprint density at radius 1 is 1.04 bits per heavy atom. The van der Waals surface area contributed by atoms with Gasteiger partial charge < -0.3 is 15.5 Å². The quantitative estimate of drug-likeness (QED) is 0.839. The van der Waals surface area contributed by atoms with Gasteiger partial charge in [0.1, 0.15) is 12.1 Å². The highest BCUT2D eigenvalue weighted by molar-refractivity contribution is 6.42. The summed E-state index contributed by atoms with van der Waals surface area (Å²) in [5.74, 6) is -0.988. The van der Waals surface area contributed by atoms with E-state index in [9.17, 15) is 14.4 Å². The van der Waals surface area contributed by atoms with E-state index < -0.39 is 30.2 Å². The number of urea groups is 2. The SMILES string of the molecule is CCN1C(=O)C2C(c3ccc(Cl)c(Cl)c3)NC(=O)NC2N(CC)C1=O. The summed E-state index contributed by atoms with van der Waals surface area (Å²) in [6.45, 7) is 4.19. The molecule has 9 heteroatoms. The van der Waals surface area contributed by atoms with E-state index in [1.54, 1.807) is 32.0 Å². The van der Waals surface area contributed by atoms with Crippen LogP contribution in [0.15, 0.2) is 18.2 Å². The van der Waals surface area contributed by atoms with Gasteiger partial charge in [0, 0.05) is 13.1 Å². The van der Waals surface area contributed by atoms with Gasteiger partial charge in [0.05, 0.1) is 16.1 Å². The minimum Gasteiger partial charge on any atom is -0.330 e. The monoisotopic (exact) mass is 384 g/mol. The molecule has 2 fully saturated rings. The van der Waals surface area contributed by atoms with Crippen LogP contribution in [0.2, 0.25) is 10.0 Å². The number of fused-ring (bicyclic) bond motifs is 1. The molecule has 2 heterocycles. The number of hydrogen-bond donors (Lipinski definition) is 2. The Balaban J connectivity index is 2.06. The van der Waals surface area contributed by atoms with Gasteiger partial charge in [-0.15, -0.1) is 0 Å². The fraction of sp³-hybridized carbons (Fsp3) is 0.438. The molecule has 7 nitrogen and oxygen atoms in total. The minimum absolute atomic E-state index is 0.263. The topological polar surface area (TPSA) is 81.8 Å². The molecule has 0 bridgehead atoms. The maximum atomic E-state index is 12.9. The number of nitrogens with one attached hydrogen (secondary N) is 2. The Morgan fingerprint density at radius 3 is 2.36 bits per heavy atom. The third-order valence-electron chi connectivity index (χ3n) is 4.59. The number of nitrogens with zero attached hydrogens (tertiary/aromatic N) is 2. The highest BCUT2D eigenvalue weighted by Crippen LogP contribution is 2.36. The molecule has 2 aliphatic rings. The predicted molar refractivity (Wildman–Crippen MR) is 93.3 cm³/mol. The van der Waals surface area contributed by atoms with Gasteiger partial charge in [-0.2, -0.15) is 0 Å². The molecular weight excluding hydrogens is 367 g/mol. The van der Waals surface area contributed by atoms with Crippen LogP contribution in [-0.4, -0.2) is 47.0 Å². The molecule has 2 saturated heterocycles. The van der Waals surface area contributed by atoms with Crippen molar-refractivity contribution in [3.8, 4) is 0 Å². The number of benzene rings is 1. The van der Waals surface area contributed by atoms with Crippen LogP contribution in [0.4, 0.5) is 9.59 Å². The lowest BCUT2D eigenvalue weighted by Gasteiger charge is -2.49. The smallest absolute Gasteiger partial charge is 0.328 e. The maximum absolute atomic E-state index is 12.9. The molecule has 3 unspecified atom stereocenters. The van der Waals surface area contributed by atoms with Gasteiger partial charge in [-0.3, -0.25) is 9.69 Å². The molecule has 3 atom stereocenters. The first-order chi connectivity index (χ1) is 11.9. The molecular formula is C16H18Cl2N4O3. The highest BCUT2D eigenvalue weighted by atomic mass is 35.5. The summed E-state index contributed by atoms with van der Waals surface area (Å²) in [6.07, 6.45) is -0.707. The van der Waals surface area contributed by atoms with Gasteiger partial charge >= 0.3 is 12.1 Å². The summed E-state index contributed by atoms with van der Waals surface area (Å²) in [5.41, 5.74) is 0.661. The molecule has 25 heavy (non-hydrogen) atoms. The first-order valence-corrected chi connectivity index (χ1v) is 8.78. The van der Waals surface area contributed by atoms with Crippen molar-refractivity contribution in [2.45, 2.75) is 26.1 Å². The molecule has 5 amide bonds. The van der Waals surface area contributed by atoms with Crippen LogP contribution in [0.25, 0.3) is 0 Å². The van der Waals surface area contributed by atoms with Crippen molar-refractivity contribution < 1.29 is 14.4 Å². The fourth-order valence-corrected chi connectivity index (χ4v) is 3.70. The van der Waals surface area contributed by atoms with Gasteiger partial charge in [0.25, 0.3) is 0 Å². The largest absolute Gasteiger partial charge is 0.330 e. The summed E-state index contributed by atoms with van der Waals surface area (Å²) >= 11 is 12.1. The Labute approximate surface area is 155 Å². The van der Waals surface area contributed by atoms with Crippen molar-refractivity contribution in [3.63, 3.8) is 0 Å². The van der Waals surface area contributed by atoms with Gasteiger partial charge in [0.15, 0.2) is 0 Å². The average molecular weight is 385 g/mol. The number of amides is 5. The van der Waals surface area contributed by atoms with Gasteiger partial charge in [-0.05, 0) is 31.5 Å². The van der Waals surface area contributed by atoms with Crippen LogP contribution < -0.4 is 10.6 Å². The number of rotatable bonds is 3. The lowest BCUT2D eigenvalue weighted by atomic mass is 9.85. The second-order valence-corrected chi connectivity index (χ2v) is 6.71. The Bertz CT molecular complexity index is 742.